The van der Waals surface area contributed by atoms with Gasteiger partial charge in [-0.3, -0.25) is 4.79 Å². The van der Waals surface area contributed by atoms with Crippen molar-refractivity contribution >= 4 is 5.97 Å². The summed E-state index contributed by atoms with van der Waals surface area (Å²) in [6, 6.07) is 0. The molecule has 0 aromatic rings. The van der Waals surface area contributed by atoms with Crippen LogP contribution in [0, 0.1) is 0 Å². The molecule has 0 aromatic heterocycles. The fraction of sp³-hybridized carbons (Fsp3) is 0.807. The molecule has 9 heteroatoms. The van der Waals surface area contributed by atoms with E-state index in [0.717, 1.165) is 70.6 Å². The minimum absolute atomic E-state index is 0.122. The molecule has 0 aliphatic carbocycles. The second-order valence-corrected chi connectivity index (χ2v) is 18.6. The van der Waals surface area contributed by atoms with E-state index in [0.29, 0.717) is 13.0 Å². The zero-order valence-corrected chi connectivity index (χ0v) is 42.4. The maximum atomic E-state index is 12.9. The number of unbranched alkanes of at least 4 members (excludes halogenated alkanes) is 26. The summed E-state index contributed by atoms with van der Waals surface area (Å²) in [6.07, 6.45) is 55.5. The molecule has 4 N–H and O–H groups in total. The van der Waals surface area contributed by atoms with Gasteiger partial charge in [0.2, 0.25) is 0 Å². The third-order valence-electron chi connectivity index (χ3n) is 12.4. The number of esters is 1. The molecule has 1 aliphatic rings. The van der Waals surface area contributed by atoms with Gasteiger partial charge in [0.05, 0.1) is 19.8 Å². The van der Waals surface area contributed by atoms with Crippen LogP contribution in [0.25, 0.3) is 0 Å². The minimum Gasteiger partial charge on any atom is -0.457 e. The van der Waals surface area contributed by atoms with Crippen LogP contribution in [-0.4, -0.2) is 89.6 Å². The standard InChI is InChI=1S/C57H102O9/c1-3-5-7-9-11-13-15-17-19-21-23-24-25-26-27-28-29-30-32-34-36-38-40-42-44-46-53(59)65-51(50-64-57-56(62)55(61)54(60)52(48-58)66-57)49-63-47-45-43-41-39-37-35-33-31-22-20-18-16-14-12-10-8-6-4-2/h6,8,12,14,18,20-21,23,31,33,51-52,54-58,60-62H,3-5,7,9-11,13,15-17,19,22,24-30,32,34-50H2,1-2H3/b8-6-,14-12-,20-18-,23-21-,33-31-. The van der Waals surface area contributed by atoms with Crippen molar-refractivity contribution in [3.05, 3.63) is 60.8 Å². The summed E-state index contributed by atoms with van der Waals surface area (Å²) < 4.78 is 22.9. The van der Waals surface area contributed by atoms with Gasteiger partial charge in [0.1, 0.15) is 30.5 Å². The Kier molecular flexibility index (Phi) is 45.0. The largest absolute Gasteiger partial charge is 0.457 e. The normalized spacial score (nSPS) is 19.8. The molecule has 0 saturated carbocycles. The number of rotatable bonds is 47. The zero-order chi connectivity index (χ0) is 47.8. The van der Waals surface area contributed by atoms with Crippen LogP contribution in [0.3, 0.4) is 0 Å². The Morgan fingerprint density at radius 3 is 1.41 bits per heavy atom. The van der Waals surface area contributed by atoms with E-state index in [2.05, 4.69) is 74.6 Å². The zero-order valence-electron chi connectivity index (χ0n) is 42.4. The first-order chi connectivity index (χ1) is 32.4. The molecular formula is C57H102O9. The number of aliphatic hydroxyl groups excluding tert-OH is 4. The van der Waals surface area contributed by atoms with Crippen LogP contribution < -0.4 is 0 Å². The van der Waals surface area contributed by atoms with E-state index in [1.807, 2.05) is 0 Å². The Bertz CT molecular complexity index is 1200. The van der Waals surface area contributed by atoms with E-state index in [1.165, 1.54) is 141 Å². The van der Waals surface area contributed by atoms with Gasteiger partial charge in [-0.2, -0.15) is 0 Å². The summed E-state index contributed by atoms with van der Waals surface area (Å²) in [5, 5.41) is 40.3. The van der Waals surface area contributed by atoms with Crippen molar-refractivity contribution in [2.24, 2.45) is 0 Å². The number of hydrogen-bond donors (Lipinski definition) is 4. The van der Waals surface area contributed by atoms with Gasteiger partial charge < -0.3 is 39.4 Å². The molecule has 384 valence electrons. The van der Waals surface area contributed by atoms with Gasteiger partial charge in [0.15, 0.2) is 6.29 Å². The Morgan fingerprint density at radius 2 is 0.924 bits per heavy atom. The fourth-order valence-electron chi connectivity index (χ4n) is 8.19. The number of allylic oxidation sites excluding steroid dienone is 10. The van der Waals surface area contributed by atoms with Crippen molar-refractivity contribution in [2.45, 2.75) is 269 Å². The molecule has 1 aliphatic heterocycles. The molecule has 0 bridgehead atoms. The lowest BCUT2D eigenvalue weighted by molar-refractivity contribution is -0.305. The predicted molar refractivity (Wildman–Crippen MR) is 274 cm³/mol. The summed E-state index contributed by atoms with van der Waals surface area (Å²) in [6.45, 7) is 4.42. The van der Waals surface area contributed by atoms with Gasteiger partial charge in [0, 0.05) is 13.0 Å². The van der Waals surface area contributed by atoms with E-state index in [4.69, 9.17) is 18.9 Å². The van der Waals surface area contributed by atoms with Gasteiger partial charge in [-0.25, -0.2) is 0 Å². The lowest BCUT2D eigenvalue weighted by Gasteiger charge is -2.39. The summed E-state index contributed by atoms with van der Waals surface area (Å²) in [4.78, 5) is 12.9. The average molecular weight is 931 g/mol. The summed E-state index contributed by atoms with van der Waals surface area (Å²) in [5.74, 6) is -0.320. The van der Waals surface area contributed by atoms with Crippen molar-refractivity contribution in [3.63, 3.8) is 0 Å². The maximum Gasteiger partial charge on any atom is 0.306 e. The van der Waals surface area contributed by atoms with E-state index in [9.17, 15) is 25.2 Å². The van der Waals surface area contributed by atoms with Crippen molar-refractivity contribution < 1.29 is 44.2 Å². The van der Waals surface area contributed by atoms with Crippen molar-refractivity contribution in [1.82, 2.24) is 0 Å². The fourth-order valence-corrected chi connectivity index (χ4v) is 8.19. The number of carbonyl (C=O) groups is 1. The molecule has 6 atom stereocenters. The monoisotopic (exact) mass is 931 g/mol. The van der Waals surface area contributed by atoms with Gasteiger partial charge in [-0.15, -0.1) is 0 Å². The number of aliphatic hydroxyl groups is 4. The minimum atomic E-state index is -1.54. The Morgan fingerprint density at radius 1 is 0.500 bits per heavy atom. The van der Waals surface area contributed by atoms with Crippen LogP contribution in [0.5, 0.6) is 0 Å². The first kappa shape index (κ1) is 61.9. The van der Waals surface area contributed by atoms with Crippen LogP contribution >= 0.6 is 0 Å². The third-order valence-corrected chi connectivity index (χ3v) is 12.4. The SMILES string of the molecule is CC/C=C\C/C=C\C/C=C\C/C=C\CCCCCCCOCC(COC1OC(CO)C(O)C(O)C1O)OC(=O)CCCCCCCCCCCCCCC/C=C\CCCCCCCCCC. The summed E-state index contributed by atoms with van der Waals surface area (Å²) in [5.41, 5.74) is 0. The Labute approximate surface area is 405 Å². The lowest BCUT2D eigenvalue weighted by atomic mass is 9.99. The smallest absolute Gasteiger partial charge is 0.306 e. The first-order valence-electron chi connectivity index (χ1n) is 27.4. The first-order valence-corrected chi connectivity index (χ1v) is 27.4. The van der Waals surface area contributed by atoms with E-state index in [-0.39, 0.29) is 19.2 Å². The molecule has 1 heterocycles. The highest BCUT2D eigenvalue weighted by Gasteiger charge is 2.44. The summed E-state index contributed by atoms with van der Waals surface area (Å²) in [7, 11) is 0. The molecule has 1 fully saturated rings. The van der Waals surface area contributed by atoms with Gasteiger partial charge in [-0.1, -0.05) is 209 Å². The molecule has 9 nitrogen and oxygen atoms in total. The van der Waals surface area contributed by atoms with E-state index in [1.54, 1.807) is 0 Å². The lowest BCUT2D eigenvalue weighted by Crippen LogP contribution is -2.59. The van der Waals surface area contributed by atoms with Crippen LogP contribution in [0.4, 0.5) is 0 Å². The molecule has 66 heavy (non-hydrogen) atoms. The quantitative estimate of drug-likeness (QED) is 0.0267. The highest BCUT2D eigenvalue weighted by atomic mass is 16.7. The van der Waals surface area contributed by atoms with Crippen LogP contribution in [0.15, 0.2) is 60.8 Å². The number of hydrogen-bond acceptors (Lipinski definition) is 9. The number of carbonyl (C=O) groups excluding carboxylic acids is 1. The molecule has 6 unspecified atom stereocenters. The molecule has 0 aromatic carbocycles. The molecular weight excluding hydrogens is 829 g/mol. The van der Waals surface area contributed by atoms with Crippen LogP contribution in [0.1, 0.15) is 232 Å². The van der Waals surface area contributed by atoms with E-state index >= 15 is 0 Å². The van der Waals surface area contributed by atoms with Gasteiger partial charge >= 0.3 is 5.97 Å². The second kappa shape index (κ2) is 47.9. The Hall–Kier alpha value is -2.11. The third kappa shape index (κ3) is 37.8. The predicted octanol–water partition coefficient (Wildman–Crippen LogP) is 13.8. The van der Waals surface area contributed by atoms with Crippen LogP contribution in [0.2, 0.25) is 0 Å². The van der Waals surface area contributed by atoms with Crippen molar-refractivity contribution in [1.29, 1.82) is 0 Å². The highest BCUT2D eigenvalue weighted by Crippen LogP contribution is 2.23. The van der Waals surface area contributed by atoms with Crippen molar-refractivity contribution in [2.75, 3.05) is 26.4 Å². The average Bonchev–Trinajstić information content (AvgIpc) is 3.32. The van der Waals surface area contributed by atoms with Gasteiger partial charge in [-0.05, 0) is 77.0 Å². The molecule has 1 saturated heterocycles. The van der Waals surface area contributed by atoms with Gasteiger partial charge in [0.25, 0.3) is 0 Å². The molecule has 0 amide bonds. The molecule has 0 radical (unpaired) electrons. The Balaban J connectivity index is 2.17. The van der Waals surface area contributed by atoms with Crippen LogP contribution in [-0.2, 0) is 23.7 Å². The maximum absolute atomic E-state index is 12.9. The number of ether oxygens (including phenoxy) is 4. The second-order valence-electron chi connectivity index (χ2n) is 18.6. The molecule has 1 rings (SSSR count). The topological polar surface area (TPSA) is 135 Å². The summed E-state index contributed by atoms with van der Waals surface area (Å²) >= 11 is 0. The van der Waals surface area contributed by atoms with E-state index < -0.39 is 43.4 Å². The molecule has 0 spiro atoms. The highest BCUT2D eigenvalue weighted by molar-refractivity contribution is 5.69. The van der Waals surface area contributed by atoms with Crippen molar-refractivity contribution in [3.8, 4) is 0 Å².